The van der Waals surface area contributed by atoms with Crippen molar-refractivity contribution in [1.82, 2.24) is 9.78 Å². The summed E-state index contributed by atoms with van der Waals surface area (Å²) in [6, 6.07) is 9.44. The fourth-order valence-corrected chi connectivity index (χ4v) is 2.15. The third kappa shape index (κ3) is 2.66. The summed E-state index contributed by atoms with van der Waals surface area (Å²) < 4.78 is 7.11. The number of anilines is 1. The first-order valence-electron chi connectivity index (χ1n) is 6.35. The number of nitrogens with one attached hydrogen (secondary N) is 1. The minimum Gasteiger partial charge on any atom is -0.368 e. The molecule has 2 aromatic rings. The maximum absolute atomic E-state index is 12.0. The Balaban J connectivity index is 1.74. The molecule has 0 spiro atoms. The van der Waals surface area contributed by atoms with Crippen molar-refractivity contribution in [1.29, 1.82) is 0 Å². The fourth-order valence-electron chi connectivity index (χ4n) is 2.15. The molecule has 1 saturated heterocycles. The Bertz CT molecular complexity index is 560. The number of aromatic nitrogens is 2. The van der Waals surface area contributed by atoms with Crippen LogP contribution in [0.5, 0.6) is 0 Å². The van der Waals surface area contributed by atoms with Gasteiger partial charge in [-0.1, -0.05) is 6.07 Å². The second-order valence-electron chi connectivity index (χ2n) is 4.49. The Hall–Kier alpha value is -2.14. The van der Waals surface area contributed by atoms with Gasteiger partial charge in [0.2, 0.25) is 0 Å². The molecule has 1 aliphatic rings. The van der Waals surface area contributed by atoms with E-state index in [1.54, 1.807) is 10.9 Å². The lowest BCUT2D eigenvalue weighted by molar-refractivity contribution is -0.124. The van der Waals surface area contributed by atoms with Crippen LogP contribution in [0.3, 0.4) is 0 Å². The van der Waals surface area contributed by atoms with Crippen molar-refractivity contribution in [3.8, 4) is 5.69 Å². The summed E-state index contributed by atoms with van der Waals surface area (Å²) in [6.45, 7) is 0.672. The summed E-state index contributed by atoms with van der Waals surface area (Å²) in [7, 11) is 0. The standard InChI is InChI=1S/C14H15N3O2/c18-14(13-6-2-9-19-13)16-11-4-1-5-12(10-11)17-8-3-7-15-17/h1,3-5,7-8,10,13H,2,6,9H2,(H,16,18). The Kier molecular flexibility index (Phi) is 3.29. The smallest absolute Gasteiger partial charge is 0.253 e. The number of carbonyl (C=O) groups is 1. The Labute approximate surface area is 111 Å². The highest BCUT2D eigenvalue weighted by molar-refractivity contribution is 5.94. The number of rotatable bonds is 3. The number of hydrogen-bond donors (Lipinski definition) is 1. The van der Waals surface area contributed by atoms with Crippen molar-refractivity contribution in [2.24, 2.45) is 0 Å². The molecule has 1 amide bonds. The SMILES string of the molecule is O=C(Nc1cccc(-n2cccn2)c1)C1CCCO1. The van der Waals surface area contributed by atoms with Crippen molar-refractivity contribution in [2.75, 3.05) is 11.9 Å². The Morgan fingerprint density at radius 3 is 3.11 bits per heavy atom. The molecule has 1 fully saturated rings. The molecule has 19 heavy (non-hydrogen) atoms. The molecule has 0 aliphatic carbocycles. The molecule has 1 aromatic carbocycles. The predicted molar refractivity (Wildman–Crippen MR) is 71.2 cm³/mol. The van der Waals surface area contributed by atoms with E-state index in [-0.39, 0.29) is 12.0 Å². The van der Waals surface area contributed by atoms with Crippen molar-refractivity contribution in [3.63, 3.8) is 0 Å². The lowest BCUT2D eigenvalue weighted by Crippen LogP contribution is -2.26. The monoisotopic (exact) mass is 257 g/mol. The summed E-state index contributed by atoms with van der Waals surface area (Å²) >= 11 is 0. The number of nitrogens with zero attached hydrogens (tertiary/aromatic N) is 2. The summed E-state index contributed by atoms with van der Waals surface area (Å²) in [5.41, 5.74) is 1.67. The van der Waals surface area contributed by atoms with Gasteiger partial charge >= 0.3 is 0 Å². The van der Waals surface area contributed by atoms with Crippen molar-refractivity contribution >= 4 is 11.6 Å². The van der Waals surface area contributed by atoms with Gasteiger partial charge in [0, 0.05) is 24.7 Å². The van der Waals surface area contributed by atoms with Crippen molar-refractivity contribution in [2.45, 2.75) is 18.9 Å². The molecule has 1 N–H and O–H groups in total. The van der Waals surface area contributed by atoms with Crippen molar-refractivity contribution < 1.29 is 9.53 Å². The fraction of sp³-hybridized carbons (Fsp3) is 0.286. The zero-order valence-electron chi connectivity index (χ0n) is 10.5. The molecule has 1 unspecified atom stereocenters. The van der Waals surface area contributed by atoms with Crippen LogP contribution in [-0.4, -0.2) is 28.4 Å². The second-order valence-corrected chi connectivity index (χ2v) is 4.49. The van der Waals surface area contributed by atoms with Crippen LogP contribution in [0.4, 0.5) is 5.69 Å². The molecule has 3 rings (SSSR count). The van der Waals surface area contributed by atoms with Gasteiger partial charge in [-0.3, -0.25) is 4.79 Å². The molecule has 98 valence electrons. The van der Waals surface area contributed by atoms with Crippen LogP contribution in [0.25, 0.3) is 5.69 Å². The van der Waals surface area contributed by atoms with Gasteiger partial charge in [0.1, 0.15) is 6.10 Å². The van der Waals surface area contributed by atoms with Crippen LogP contribution in [0.1, 0.15) is 12.8 Å². The van der Waals surface area contributed by atoms with Gasteiger partial charge in [0.05, 0.1) is 5.69 Å². The first-order valence-corrected chi connectivity index (χ1v) is 6.35. The molecule has 2 heterocycles. The van der Waals surface area contributed by atoms with E-state index < -0.39 is 0 Å². The highest BCUT2D eigenvalue weighted by Gasteiger charge is 2.23. The van der Waals surface area contributed by atoms with E-state index in [1.807, 2.05) is 36.5 Å². The van der Waals surface area contributed by atoms with Gasteiger partial charge in [-0.2, -0.15) is 5.10 Å². The molecule has 5 nitrogen and oxygen atoms in total. The zero-order chi connectivity index (χ0) is 13.1. The lowest BCUT2D eigenvalue weighted by Gasteiger charge is -2.11. The van der Waals surface area contributed by atoms with Gasteiger partial charge in [0.25, 0.3) is 5.91 Å². The molecular formula is C14H15N3O2. The topological polar surface area (TPSA) is 56.2 Å². The summed E-state index contributed by atoms with van der Waals surface area (Å²) in [5.74, 6) is -0.0740. The largest absolute Gasteiger partial charge is 0.368 e. The Morgan fingerprint density at radius 2 is 2.37 bits per heavy atom. The molecule has 1 aromatic heterocycles. The highest BCUT2D eigenvalue weighted by Crippen LogP contribution is 2.17. The van der Waals surface area contributed by atoms with Crippen molar-refractivity contribution in [3.05, 3.63) is 42.7 Å². The number of hydrogen-bond acceptors (Lipinski definition) is 3. The number of benzene rings is 1. The van der Waals surface area contributed by atoms with Crippen LogP contribution in [0.15, 0.2) is 42.7 Å². The predicted octanol–water partition coefficient (Wildman–Crippen LogP) is 1.99. The minimum atomic E-state index is -0.312. The number of amides is 1. The number of carbonyl (C=O) groups excluding carboxylic acids is 1. The van der Waals surface area contributed by atoms with E-state index in [0.29, 0.717) is 6.61 Å². The van der Waals surface area contributed by atoms with E-state index >= 15 is 0 Å². The quantitative estimate of drug-likeness (QED) is 0.914. The third-order valence-electron chi connectivity index (χ3n) is 3.10. The van der Waals surface area contributed by atoms with E-state index in [4.69, 9.17) is 4.74 Å². The first-order chi connectivity index (χ1) is 9.33. The van der Waals surface area contributed by atoms with Gasteiger partial charge in [-0.25, -0.2) is 4.68 Å². The molecule has 0 bridgehead atoms. The molecule has 1 atom stereocenters. The van der Waals surface area contributed by atoms with Crippen LogP contribution < -0.4 is 5.32 Å². The highest BCUT2D eigenvalue weighted by atomic mass is 16.5. The van der Waals surface area contributed by atoms with Crippen LogP contribution in [0, 0.1) is 0 Å². The average Bonchev–Trinajstić information content (AvgIpc) is 3.13. The van der Waals surface area contributed by atoms with E-state index in [1.165, 1.54) is 0 Å². The van der Waals surface area contributed by atoms with Crippen LogP contribution >= 0.6 is 0 Å². The maximum Gasteiger partial charge on any atom is 0.253 e. The molecular weight excluding hydrogens is 242 g/mol. The van der Waals surface area contributed by atoms with E-state index in [2.05, 4.69) is 10.4 Å². The summed E-state index contributed by atoms with van der Waals surface area (Å²) in [5, 5.41) is 7.04. The summed E-state index contributed by atoms with van der Waals surface area (Å²) in [6.07, 6.45) is 5.02. The van der Waals surface area contributed by atoms with Gasteiger partial charge in [-0.05, 0) is 37.1 Å². The van der Waals surface area contributed by atoms with Crippen LogP contribution in [0.2, 0.25) is 0 Å². The third-order valence-corrected chi connectivity index (χ3v) is 3.10. The summed E-state index contributed by atoms with van der Waals surface area (Å²) in [4.78, 5) is 12.0. The molecule has 5 heteroatoms. The Morgan fingerprint density at radius 1 is 1.42 bits per heavy atom. The molecule has 1 aliphatic heterocycles. The average molecular weight is 257 g/mol. The van der Waals surface area contributed by atoms with E-state index in [9.17, 15) is 4.79 Å². The van der Waals surface area contributed by atoms with Gasteiger partial charge in [-0.15, -0.1) is 0 Å². The lowest BCUT2D eigenvalue weighted by atomic mass is 10.2. The van der Waals surface area contributed by atoms with Crippen LogP contribution in [-0.2, 0) is 9.53 Å². The van der Waals surface area contributed by atoms with E-state index in [0.717, 1.165) is 24.2 Å². The number of ether oxygens (including phenoxy) is 1. The maximum atomic E-state index is 12.0. The molecule has 0 saturated carbocycles. The molecule has 0 radical (unpaired) electrons. The minimum absolute atomic E-state index is 0.0740. The van der Waals surface area contributed by atoms with Gasteiger partial charge in [0.15, 0.2) is 0 Å². The first kappa shape index (κ1) is 11.9. The zero-order valence-corrected chi connectivity index (χ0v) is 10.5. The normalized spacial score (nSPS) is 18.4. The second kappa shape index (κ2) is 5.24. The van der Waals surface area contributed by atoms with Gasteiger partial charge < -0.3 is 10.1 Å².